The van der Waals surface area contributed by atoms with Gasteiger partial charge in [-0.15, -0.1) is 0 Å². The number of imidazole rings is 1. The van der Waals surface area contributed by atoms with Gasteiger partial charge in [-0.2, -0.15) is 0 Å². The van der Waals surface area contributed by atoms with Crippen molar-refractivity contribution in [3.05, 3.63) is 47.1 Å². The van der Waals surface area contributed by atoms with Crippen LogP contribution in [0.4, 0.5) is 11.8 Å². The number of aryl methyl sites for hydroxylation is 1. The maximum atomic E-state index is 12.6. The molecule has 2 aromatic heterocycles. The number of hydrogen-bond donors (Lipinski definition) is 2. The maximum Gasteiger partial charge on any atom is 0.261 e. The highest BCUT2D eigenvalue weighted by atomic mass is 35.5. The average molecular weight is 344 g/mol. The van der Waals surface area contributed by atoms with E-state index in [0.29, 0.717) is 22.4 Å². The molecule has 1 amide bonds. The van der Waals surface area contributed by atoms with Crippen LogP contribution >= 0.6 is 11.6 Å². The molecule has 2 N–H and O–H groups in total. The minimum Gasteiger partial charge on any atom is -0.367 e. The Balaban J connectivity index is 1.92. The largest absolute Gasteiger partial charge is 0.367 e. The van der Waals surface area contributed by atoms with Gasteiger partial charge in [0.1, 0.15) is 5.82 Å². The molecule has 6 nitrogen and oxygen atoms in total. The summed E-state index contributed by atoms with van der Waals surface area (Å²) >= 11 is 6.00. The Hall–Kier alpha value is -2.60. The van der Waals surface area contributed by atoms with Crippen LogP contribution in [-0.4, -0.2) is 26.5 Å². The maximum absolute atomic E-state index is 12.6. The smallest absolute Gasteiger partial charge is 0.261 e. The summed E-state index contributed by atoms with van der Waals surface area (Å²) < 4.78 is 1.81. The molecule has 3 rings (SSSR count). The standard InChI is InChI=1S/C17H18ClN5O/c1-10(2)20-15-12(5-4-8-19-15)16(24)22-17-21-13-9-11(18)6-7-14(13)23(17)3/h4-10H,1-3H3,(H,19,20)(H,21,22,24). The summed E-state index contributed by atoms with van der Waals surface area (Å²) in [5.41, 5.74) is 2.09. The molecular weight excluding hydrogens is 326 g/mol. The average Bonchev–Trinajstić information content (AvgIpc) is 2.82. The van der Waals surface area contributed by atoms with E-state index in [1.807, 2.05) is 31.5 Å². The zero-order chi connectivity index (χ0) is 17.3. The molecule has 3 aromatic rings. The van der Waals surface area contributed by atoms with Crippen molar-refractivity contribution in [2.24, 2.45) is 7.05 Å². The number of nitrogens with one attached hydrogen (secondary N) is 2. The lowest BCUT2D eigenvalue weighted by Gasteiger charge is -2.13. The van der Waals surface area contributed by atoms with Gasteiger partial charge in [-0.05, 0) is 44.2 Å². The van der Waals surface area contributed by atoms with Crippen LogP contribution in [0, 0.1) is 0 Å². The van der Waals surface area contributed by atoms with Gasteiger partial charge in [0.15, 0.2) is 0 Å². The number of aromatic nitrogens is 3. The predicted octanol–water partition coefficient (Wildman–Crippen LogP) is 3.69. The van der Waals surface area contributed by atoms with Gasteiger partial charge in [0.2, 0.25) is 5.95 Å². The van der Waals surface area contributed by atoms with Crippen LogP contribution < -0.4 is 10.6 Å². The molecule has 0 aliphatic carbocycles. The molecule has 2 heterocycles. The molecule has 0 bridgehead atoms. The molecule has 0 aliphatic rings. The number of benzene rings is 1. The summed E-state index contributed by atoms with van der Waals surface area (Å²) in [6, 6.07) is 9.06. The monoisotopic (exact) mass is 343 g/mol. The van der Waals surface area contributed by atoms with Crippen molar-refractivity contribution in [3.8, 4) is 0 Å². The Labute approximate surface area is 144 Å². The highest BCUT2D eigenvalue weighted by Gasteiger charge is 2.16. The van der Waals surface area contributed by atoms with Crippen molar-refractivity contribution in [3.63, 3.8) is 0 Å². The number of rotatable bonds is 4. The van der Waals surface area contributed by atoms with Crippen LogP contribution in [0.25, 0.3) is 11.0 Å². The number of pyridine rings is 1. The van der Waals surface area contributed by atoms with E-state index in [9.17, 15) is 4.79 Å². The van der Waals surface area contributed by atoms with E-state index in [1.54, 1.807) is 30.5 Å². The molecular formula is C17H18ClN5O. The molecule has 0 aliphatic heterocycles. The molecule has 0 saturated heterocycles. The highest BCUT2D eigenvalue weighted by molar-refractivity contribution is 6.31. The molecule has 0 spiro atoms. The van der Waals surface area contributed by atoms with Gasteiger partial charge >= 0.3 is 0 Å². The Kier molecular flexibility index (Phi) is 4.40. The fourth-order valence-electron chi connectivity index (χ4n) is 2.43. The Bertz CT molecular complexity index is 903. The SMILES string of the molecule is CC(C)Nc1ncccc1C(=O)Nc1nc2cc(Cl)ccc2n1C. The molecule has 24 heavy (non-hydrogen) atoms. The summed E-state index contributed by atoms with van der Waals surface area (Å²) in [7, 11) is 1.84. The van der Waals surface area contributed by atoms with Crippen LogP contribution in [0.2, 0.25) is 5.02 Å². The fourth-order valence-corrected chi connectivity index (χ4v) is 2.60. The quantitative estimate of drug-likeness (QED) is 0.757. The van der Waals surface area contributed by atoms with Crippen LogP contribution in [0.3, 0.4) is 0 Å². The van der Waals surface area contributed by atoms with E-state index in [2.05, 4.69) is 20.6 Å². The molecule has 0 unspecified atom stereocenters. The van der Waals surface area contributed by atoms with Crippen molar-refractivity contribution in [1.29, 1.82) is 0 Å². The first-order valence-electron chi connectivity index (χ1n) is 7.60. The summed E-state index contributed by atoms with van der Waals surface area (Å²) in [5.74, 6) is 0.735. The van der Waals surface area contributed by atoms with E-state index in [0.717, 1.165) is 11.0 Å². The zero-order valence-corrected chi connectivity index (χ0v) is 14.4. The van der Waals surface area contributed by atoms with Gasteiger partial charge in [-0.3, -0.25) is 10.1 Å². The van der Waals surface area contributed by atoms with Crippen LogP contribution in [0.5, 0.6) is 0 Å². The number of amides is 1. The van der Waals surface area contributed by atoms with Crippen molar-refractivity contribution in [2.75, 3.05) is 10.6 Å². The lowest BCUT2D eigenvalue weighted by molar-refractivity contribution is 0.102. The van der Waals surface area contributed by atoms with Gasteiger partial charge in [-0.25, -0.2) is 9.97 Å². The number of nitrogens with zero attached hydrogens (tertiary/aromatic N) is 3. The highest BCUT2D eigenvalue weighted by Crippen LogP contribution is 2.23. The predicted molar refractivity (Wildman–Crippen MR) is 96.7 cm³/mol. The summed E-state index contributed by atoms with van der Waals surface area (Å²) in [4.78, 5) is 21.3. The summed E-state index contributed by atoms with van der Waals surface area (Å²) in [6.07, 6.45) is 1.65. The van der Waals surface area contributed by atoms with Crippen molar-refractivity contribution in [1.82, 2.24) is 14.5 Å². The third-order valence-corrected chi connectivity index (χ3v) is 3.78. The lowest BCUT2D eigenvalue weighted by atomic mass is 10.2. The number of carbonyl (C=O) groups is 1. The zero-order valence-electron chi connectivity index (χ0n) is 13.7. The minimum atomic E-state index is -0.268. The molecule has 0 saturated carbocycles. The Morgan fingerprint density at radius 2 is 2.08 bits per heavy atom. The van der Waals surface area contributed by atoms with E-state index >= 15 is 0 Å². The van der Waals surface area contributed by atoms with Gasteiger partial charge in [0.05, 0.1) is 16.6 Å². The van der Waals surface area contributed by atoms with Crippen LogP contribution in [0.15, 0.2) is 36.5 Å². The van der Waals surface area contributed by atoms with E-state index in [4.69, 9.17) is 11.6 Å². The second-order valence-corrected chi connectivity index (χ2v) is 6.22. The van der Waals surface area contributed by atoms with Gasteiger partial charge in [0, 0.05) is 24.3 Å². The second-order valence-electron chi connectivity index (χ2n) is 5.78. The first-order valence-corrected chi connectivity index (χ1v) is 7.98. The topological polar surface area (TPSA) is 71.8 Å². The normalized spacial score (nSPS) is 11.0. The number of anilines is 2. The molecule has 0 radical (unpaired) electrons. The number of fused-ring (bicyclic) bond motifs is 1. The summed E-state index contributed by atoms with van der Waals surface area (Å²) in [5, 5.41) is 6.62. The number of hydrogen-bond acceptors (Lipinski definition) is 4. The lowest BCUT2D eigenvalue weighted by Crippen LogP contribution is -2.20. The van der Waals surface area contributed by atoms with E-state index in [-0.39, 0.29) is 11.9 Å². The number of halogens is 1. The van der Waals surface area contributed by atoms with Crippen molar-refractivity contribution in [2.45, 2.75) is 19.9 Å². The molecule has 0 atom stereocenters. The van der Waals surface area contributed by atoms with Gasteiger partial charge < -0.3 is 9.88 Å². The van der Waals surface area contributed by atoms with Crippen LogP contribution in [0.1, 0.15) is 24.2 Å². The summed E-state index contributed by atoms with van der Waals surface area (Å²) in [6.45, 7) is 3.98. The van der Waals surface area contributed by atoms with E-state index < -0.39 is 0 Å². The molecule has 0 fully saturated rings. The fraction of sp³-hybridized carbons (Fsp3) is 0.235. The Morgan fingerprint density at radius 1 is 1.29 bits per heavy atom. The molecule has 7 heteroatoms. The van der Waals surface area contributed by atoms with Gasteiger partial charge in [0.25, 0.3) is 5.91 Å². The minimum absolute atomic E-state index is 0.171. The third-order valence-electron chi connectivity index (χ3n) is 3.55. The molecule has 1 aromatic carbocycles. The van der Waals surface area contributed by atoms with Gasteiger partial charge in [-0.1, -0.05) is 11.6 Å². The molecule has 124 valence electrons. The second kappa shape index (κ2) is 6.49. The van der Waals surface area contributed by atoms with Crippen molar-refractivity contribution < 1.29 is 4.79 Å². The van der Waals surface area contributed by atoms with Crippen LogP contribution in [-0.2, 0) is 7.05 Å². The third kappa shape index (κ3) is 3.19. The Morgan fingerprint density at radius 3 is 2.83 bits per heavy atom. The van der Waals surface area contributed by atoms with E-state index in [1.165, 1.54) is 0 Å². The van der Waals surface area contributed by atoms with Crippen molar-refractivity contribution >= 4 is 40.3 Å². The number of carbonyl (C=O) groups excluding carboxylic acids is 1. The first-order chi connectivity index (χ1) is 11.5. The first kappa shape index (κ1) is 16.3.